The van der Waals surface area contributed by atoms with Crippen molar-refractivity contribution in [3.63, 3.8) is 0 Å². The molecule has 0 aromatic carbocycles. The molecule has 0 fully saturated rings. The van der Waals surface area contributed by atoms with Gasteiger partial charge in [-0.2, -0.15) is 0 Å². The maximum absolute atomic E-state index is 9.66. The molecule has 0 aliphatic carbocycles. The van der Waals surface area contributed by atoms with Crippen molar-refractivity contribution in [1.29, 1.82) is 0 Å². The van der Waals surface area contributed by atoms with Crippen LogP contribution in [0.2, 0.25) is 0 Å². The first-order valence-electron chi connectivity index (χ1n) is 9.71. The van der Waals surface area contributed by atoms with E-state index in [9.17, 15) is 5.11 Å². The van der Waals surface area contributed by atoms with Crippen molar-refractivity contribution < 1.29 is 11.6 Å². The van der Waals surface area contributed by atoms with Crippen molar-refractivity contribution in [2.24, 2.45) is 5.73 Å². The van der Waals surface area contributed by atoms with Gasteiger partial charge in [0.25, 0.3) is 0 Å². The average molecular weight is 303 g/mol. The summed E-state index contributed by atoms with van der Waals surface area (Å²) in [5.41, 5.74) is 5.52. The zero-order valence-corrected chi connectivity index (χ0v) is 14.1. The third-order valence-electron chi connectivity index (χ3n) is 4.22. The highest BCUT2D eigenvalue weighted by Gasteiger charge is 2.12. The predicted molar refractivity (Wildman–Crippen MR) is 91.4 cm³/mol. The zero-order valence-electron chi connectivity index (χ0n) is 15.1. The minimum Gasteiger partial charge on any atom is -0.395 e. The molecule has 0 aliphatic rings. The number of aliphatic hydroxyl groups excluding tert-OH is 2. The van der Waals surface area contributed by atoms with Crippen LogP contribution in [0.25, 0.3) is 0 Å². The maximum atomic E-state index is 9.66. The van der Waals surface area contributed by atoms with E-state index in [1.807, 2.05) is 0 Å². The second kappa shape index (κ2) is 16.3. The molecule has 0 aromatic heterocycles. The standard InChI is InChI=1S/C18H39NO2/c1-2-3-4-5-6-7-8-9-10-11-12-13-14-15-18(21)17(19)16-20/h17-18,20-21H,2-16,19H2,1H3/t17-,18+/m0/s1/i16D/t16?,17-,18+. The van der Waals surface area contributed by atoms with Gasteiger partial charge in [0, 0.05) is 0 Å². The second-order valence-electron chi connectivity index (χ2n) is 6.33. The summed E-state index contributed by atoms with van der Waals surface area (Å²) in [4.78, 5) is 0. The normalized spacial score (nSPS) is 16.5. The Labute approximate surface area is 133 Å². The smallest absolute Gasteiger partial charge is 0.0713 e. The molecule has 3 atom stereocenters. The topological polar surface area (TPSA) is 66.5 Å². The molecule has 0 heterocycles. The molecule has 0 aromatic rings. The molecule has 0 bridgehead atoms. The van der Waals surface area contributed by atoms with Crippen LogP contribution in [0.4, 0.5) is 0 Å². The van der Waals surface area contributed by atoms with Crippen LogP contribution in [-0.4, -0.2) is 28.9 Å². The zero-order chi connectivity index (χ0) is 16.6. The third-order valence-corrected chi connectivity index (χ3v) is 4.22. The Morgan fingerprint density at radius 1 is 0.810 bits per heavy atom. The Bertz CT molecular complexity index is 227. The minimum absolute atomic E-state index is 0.592. The SMILES string of the molecule is [2H]C(O)[C@H](N)[C@H](O)CCCCCCCCCCCCCCC. The average Bonchev–Trinajstić information content (AvgIpc) is 2.50. The number of rotatable bonds is 16. The molecule has 3 heteroatoms. The first-order valence-corrected chi connectivity index (χ1v) is 9.13. The Morgan fingerprint density at radius 2 is 1.19 bits per heavy atom. The molecule has 0 spiro atoms. The fraction of sp³-hybridized carbons (Fsp3) is 1.00. The lowest BCUT2D eigenvalue weighted by Crippen LogP contribution is -2.37. The number of unbranched alkanes of at least 4 members (excludes halogenated alkanes) is 12. The number of hydrogen-bond acceptors (Lipinski definition) is 3. The van der Waals surface area contributed by atoms with E-state index in [0.29, 0.717) is 6.42 Å². The van der Waals surface area contributed by atoms with Crippen LogP contribution in [0.3, 0.4) is 0 Å². The van der Waals surface area contributed by atoms with Crippen molar-refractivity contribution in [3.05, 3.63) is 0 Å². The van der Waals surface area contributed by atoms with Gasteiger partial charge in [0.2, 0.25) is 0 Å². The van der Waals surface area contributed by atoms with Crippen LogP contribution in [-0.2, 0) is 0 Å². The van der Waals surface area contributed by atoms with Crippen LogP contribution in [0.5, 0.6) is 0 Å². The van der Waals surface area contributed by atoms with Gasteiger partial charge < -0.3 is 15.9 Å². The monoisotopic (exact) mass is 302 g/mol. The summed E-state index contributed by atoms with van der Waals surface area (Å²) in [6, 6.07) is -0.836. The van der Waals surface area contributed by atoms with Gasteiger partial charge in [-0.25, -0.2) is 0 Å². The van der Waals surface area contributed by atoms with Crippen LogP contribution >= 0.6 is 0 Å². The summed E-state index contributed by atoms with van der Waals surface area (Å²) in [5, 5.41) is 18.6. The molecule has 0 rings (SSSR count). The molecule has 0 saturated heterocycles. The molecule has 3 nitrogen and oxygen atoms in total. The summed E-state index contributed by atoms with van der Waals surface area (Å²) in [6.07, 6.45) is 16.7. The molecule has 1 unspecified atom stereocenters. The van der Waals surface area contributed by atoms with Crippen molar-refractivity contribution in [1.82, 2.24) is 0 Å². The Kier molecular flexibility index (Phi) is 14.7. The van der Waals surface area contributed by atoms with E-state index in [1.165, 1.54) is 70.6 Å². The van der Waals surface area contributed by atoms with Gasteiger partial charge in [-0.05, 0) is 6.42 Å². The van der Waals surface area contributed by atoms with Gasteiger partial charge in [-0.1, -0.05) is 90.4 Å². The Balaban J connectivity index is 3.17. The van der Waals surface area contributed by atoms with E-state index in [4.69, 9.17) is 12.2 Å². The van der Waals surface area contributed by atoms with Crippen molar-refractivity contribution >= 4 is 0 Å². The highest BCUT2D eigenvalue weighted by Crippen LogP contribution is 2.13. The quantitative estimate of drug-likeness (QED) is 0.375. The number of nitrogens with two attached hydrogens (primary N) is 1. The Hall–Kier alpha value is -0.120. The lowest BCUT2D eigenvalue weighted by molar-refractivity contribution is 0.0990. The van der Waals surface area contributed by atoms with Gasteiger partial charge >= 0.3 is 0 Å². The second-order valence-corrected chi connectivity index (χ2v) is 6.33. The van der Waals surface area contributed by atoms with Gasteiger partial charge in [-0.15, -0.1) is 0 Å². The third kappa shape index (κ3) is 14.6. The molecule has 128 valence electrons. The molecular weight excluding hydrogens is 262 g/mol. The van der Waals surface area contributed by atoms with E-state index in [0.717, 1.165) is 12.8 Å². The fourth-order valence-electron chi connectivity index (χ4n) is 2.66. The van der Waals surface area contributed by atoms with Crippen LogP contribution < -0.4 is 5.73 Å². The summed E-state index contributed by atoms with van der Waals surface area (Å²) < 4.78 is 7.06. The van der Waals surface area contributed by atoms with E-state index < -0.39 is 18.7 Å². The molecule has 0 amide bonds. The van der Waals surface area contributed by atoms with E-state index in [1.54, 1.807) is 0 Å². The molecular formula is C18H39NO2. The number of hydrogen-bond donors (Lipinski definition) is 3. The van der Waals surface area contributed by atoms with Crippen LogP contribution in [0, 0.1) is 0 Å². The molecule has 0 aliphatic heterocycles. The van der Waals surface area contributed by atoms with Gasteiger partial charge in [0.15, 0.2) is 0 Å². The summed E-state index contributed by atoms with van der Waals surface area (Å²) in [7, 11) is 0. The summed E-state index contributed by atoms with van der Waals surface area (Å²) in [5.74, 6) is 0. The summed E-state index contributed by atoms with van der Waals surface area (Å²) >= 11 is 0. The number of aliphatic hydroxyl groups is 2. The highest BCUT2D eigenvalue weighted by molar-refractivity contribution is 4.70. The fourth-order valence-corrected chi connectivity index (χ4v) is 2.66. The Morgan fingerprint density at radius 3 is 1.57 bits per heavy atom. The first-order chi connectivity index (χ1) is 10.6. The molecule has 0 saturated carbocycles. The minimum atomic E-state index is -1.38. The largest absolute Gasteiger partial charge is 0.395 e. The van der Waals surface area contributed by atoms with E-state index in [2.05, 4.69) is 6.92 Å². The van der Waals surface area contributed by atoms with E-state index >= 15 is 0 Å². The van der Waals surface area contributed by atoms with Gasteiger partial charge in [0.1, 0.15) is 0 Å². The molecule has 0 radical (unpaired) electrons. The van der Waals surface area contributed by atoms with Gasteiger partial charge in [-0.3, -0.25) is 0 Å². The van der Waals surface area contributed by atoms with Gasteiger partial charge in [0.05, 0.1) is 20.1 Å². The van der Waals surface area contributed by atoms with E-state index in [-0.39, 0.29) is 0 Å². The van der Waals surface area contributed by atoms with Crippen molar-refractivity contribution in [3.8, 4) is 0 Å². The van der Waals surface area contributed by atoms with Crippen molar-refractivity contribution in [2.45, 2.75) is 109 Å². The highest BCUT2D eigenvalue weighted by atomic mass is 16.3. The first kappa shape index (κ1) is 18.9. The summed E-state index contributed by atoms with van der Waals surface area (Å²) in [6.45, 7) is 0.880. The lowest BCUT2D eigenvalue weighted by Gasteiger charge is -2.15. The molecule has 21 heavy (non-hydrogen) atoms. The van der Waals surface area contributed by atoms with Crippen molar-refractivity contribution in [2.75, 3.05) is 6.58 Å². The lowest BCUT2D eigenvalue weighted by atomic mass is 10.0. The predicted octanol–water partition coefficient (Wildman–Crippen LogP) is 4.15. The molecule has 4 N–H and O–H groups in total. The van der Waals surface area contributed by atoms with Crippen LogP contribution in [0.1, 0.15) is 98.2 Å². The maximum Gasteiger partial charge on any atom is 0.0713 e. The van der Waals surface area contributed by atoms with Crippen LogP contribution in [0.15, 0.2) is 0 Å².